The molecule has 0 unspecified atom stereocenters. The second-order valence-electron chi connectivity index (χ2n) is 5.27. The van der Waals surface area contributed by atoms with Crippen LogP contribution in [0.25, 0.3) is 0 Å². The molecule has 9 nitrogen and oxygen atoms in total. The topological polar surface area (TPSA) is 114 Å². The summed E-state index contributed by atoms with van der Waals surface area (Å²) in [6.45, 7) is 7.25. The lowest BCUT2D eigenvalue weighted by Gasteiger charge is -2.14. The van der Waals surface area contributed by atoms with Crippen LogP contribution >= 0.6 is 15.2 Å². The van der Waals surface area contributed by atoms with E-state index < -0.39 is 21.0 Å². The molecule has 0 saturated carbocycles. The van der Waals surface area contributed by atoms with Crippen molar-refractivity contribution >= 4 is 32.0 Å². The molecule has 0 atom stereocenters. The smallest absolute Gasteiger partial charge is 0.396 e. The molecule has 0 aliphatic rings. The Morgan fingerprint density at radius 2 is 1.04 bits per heavy atom. The normalized spacial score (nSPS) is 12.4. The molecule has 2 rings (SSSR count). The van der Waals surface area contributed by atoms with Crippen molar-refractivity contribution in [2.24, 2.45) is 0 Å². The fourth-order valence-corrected chi connectivity index (χ4v) is 5.28. The first-order valence-electron chi connectivity index (χ1n) is 8.87. The fraction of sp³-hybridized carbons (Fsp3) is 0.471. The molecule has 0 bridgehead atoms. The molecule has 11 heteroatoms. The number of ketones is 1. The highest BCUT2D eigenvalue weighted by atomic mass is 31.2. The van der Waals surface area contributed by atoms with Gasteiger partial charge in [-0.1, -0.05) is 0 Å². The van der Waals surface area contributed by atoms with Crippen LogP contribution in [0, 0.1) is 0 Å². The molecule has 2 heterocycles. The average molecular weight is 434 g/mol. The predicted octanol–water partition coefficient (Wildman–Crippen LogP) is 3.89. The Balaban J connectivity index is 2.29. The summed E-state index contributed by atoms with van der Waals surface area (Å²) in [6.07, 6.45) is 0. The van der Waals surface area contributed by atoms with Crippen molar-refractivity contribution in [3.63, 3.8) is 0 Å². The lowest BCUT2D eigenvalue weighted by atomic mass is 10.2. The average Bonchev–Trinajstić information content (AvgIpc) is 3.33. The van der Waals surface area contributed by atoms with Crippen molar-refractivity contribution in [3.05, 3.63) is 35.8 Å². The summed E-state index contributed by atoms with van der Waals surface area (Å²) >= 11 is 0. The highest BCUT2D eigenvalue weighted by Crippen LogP contribution is 2.48. The van der Waals surface area contributed by atoms with Crippen LogP contribution in [0.5, 0.6) is 0 Å². The molecular formula is C17H24O9P2. The number of carbonyl (C=O) groups is 1. The van der Waals surface area contributed by atoms with E-state index in [1.165, 1.54) is 24.3 Å². The fourth-order valence-electron chi connectivity index (χ4n) is 2.32. The molecule has 0 spiro atoms. The lowest BCUT2D eigenvalue weighted by Crippen LogP contribution is -2.09. The van der Waals surface area contributed by atoms with Gasteiger partial charge in [-0.3, -0.25) is 13.9 Å². The molecule has 0 saturated heterocycles. The molecular weight excluding hydrogens is 410 g/mol. The zero-order valence-electron chi connectivity index (χ0n) is 16.2. The number of rotatable bonds is 12. The third-order valence-corrected chi connectivity index (χ3v) is 7.32. The second kappa shape index (κ2) is 9.83. The van der Waals surface area contributed by atoms with Crippen molar-refractivity contribution < 1.29 is 40.9 Å². The van der Waals surface area contributed by atoms with Gasteiger partial charge in [-0.25, -0.2) is 0 Å². The molecule has 0 radical (unpaired) electrons. The van der Waals surface area contributed by atoms with Gasteiger partial charge in [-0.2, -0.15) is 0 Å². The van der Waals surface area contributed by atoms with Gasteiger partial charge < -0.3 is 26.9 Å². The van der Waals surface area contributed by atoms with Crippen molar-refractivity contribution in [1.82, 2.24) is 0 Å². The van der Waals surface area contributed by atoms with Gasteiger partial charge in [0, 0.05) is 0 Å². The number of hydrogen-bond donors (Lipinski definition) is 0. The van der Waals surface area contributed by atoms with E-state index in [9.17, 15) is 13.9 Å². The molecule has 2 aromatic heterocycles. The zero-order valence-corrected chi connectivity index (χ0v) is 18.0. The second-order valence-corrected chi connectivity index (χ2v) is 9.18. The first-order chi connectivity index (χ1) is 13.3. The molecule has 0 amide bonds. The van der Waals surface area contributed by atoms with E-state index in [0.717, 1.165) is 0 Å². The molecule has 0 N–H and O–H groups in total. The van der Waals surface area contributed by atoms with E-state index >= 15 is 0 Å². The van der Waals surface area contributed by atoms with Crippen molar-refractivity contribution in [1.29, 1.82) is 0 Å². The number of hydrogen-bond acceptors (Lipinski definition) is 9. The summed E-state index contributed by atoms with van der Waals surface area (Å²) in [5.41, 5.74) is -0.165. The van der Waals surface area contributed by atoms with Gasteiger partial charge in [0.1, 0.15) is 0 Å². The predicted molar refractivity (Wildman–Crippen MR) is 102 cm³/mol. The molecule has 0 aromatic carbocycles. The van der Waals surface area contributed by atoms with Gasteiger partial charge >= 0.3 is 15.2 Å². The van der Waals surface area contributed by atoms with Gasteiger partial charge in [0.2, 0.25) is 11.0 Å². The van der Waals surface area contributed by atoms with Gasteiger partial charge in [0.15, 0.2) is 11.5 Å². The quantitative estimate of drug-likeness (QED) is 0.362. The van der Waals surface area contributed by atoms with Crippen LogP contribution in [0.4, 0.5) is 0 Å². The Morgan fingerprint density at radius 3 is 1.32 bits per heavy atom. The van der Waals surface area contributed by atoms with E-state index in [2.05, 4.69) is 0 Å². The number of carbonyl (C=O) groups excluding carboxylic acids is 1. The Morgan fingerprint density at radius 1 is 0.714 bits per heavy atom. The number of furan rings is 2. The van der Waals surface area contributed by atoms with Crippen LogP contribution in [0.3, 0.4) is 0 Å². The summed E-state index contributed by atoms with van der Waals surface area (Å²) < 4.78 is 57.0. The minimum absolute atomic E-state index is 0.0827. The zero-order chi connectivity index (χ0) is 20.8. The molecule has 0 fully saturated rings. The van der Waals surface area contributed by atoms with Crippen LogP contribution in [-0.4, -0.2) is 32.2 Å². The van der Waals surface area contributed by atoms with Crippen molar-refractivity contribution in [2.45, 2.75) is 27.7 Å². The maximum absolute atomic E-state index is 12.7. The van der Waals surface area contributed by atoms with E-state index in [0.29, 0.717) is 0 Å². The molecule has 2 aromatic rings. The highest BCUT2D eigenvalue weighted by molar-refractivity contribution is 7.62. The minimum atomic E-state index is -3.66. The monoisotopic (exact) mass is 434 g/mol. The van der Waals surface area contributed by atoms with Crippen molar-refractivity contribution in [2.75, 3.05) is 26.4 Å². The highest BCUT2D eigenvalue weighted by Gasteiger charge is 2.34. The Bertz CT molecular complexity index is 793. The van der Waals surface area contributed by atoms with Crippen LogP contribution < -0.4 is 11.0 Å². The summed E-state index contributed by atoms with van der Waals surface area (Å²) in [7, 11) is -7.31. The van der Waals surface area contributed by atoms with E-state index in [1.54, 1.807) is 27.7 Å². The Hall–Kier alpha value is -1.47. The molecule has 0 aliphatic carbocycles. The van der Waals surface area contributed by atoms with Crippen LogP contribution in [-0.2, 0) is 27.2 Å². The summed E-state index contributed by atoms with van der Waals surface area (Å²) in [6, 6.07) is 5.40. The van der Waals surface area contributed by atoms with Gasteiger partial charge in [0.25, 0.3) is 5.78 Å². The van der Waals surface area contributed by atoms with Gasteiger partial charge in [-0.05, 0) is 52.0 Å². The lowest BCUT2D eigenvalue weighted by molar-refractivity contribution is 0.0985. The van der Waals surface area contributed by atoms with Crippen molar-refractivity contribution in [3.8, 4) is 0 Å². The van der Waals surface area contributed by atoms with Crippen LogP contribution in [0.2, 0.25) is 0 Å². The van der Waals surface area contributed by atoms with Crippen LogP contribution in [0.1, 0.15) is 44.0 Å². The minimum Gasteiger partial charge on any atom is -0.445 e. The summed E-state index contributed by atoms with van der Waals surface area (Å²) in [5.74, 6) is -0.882. The Kier molecular flexibility index (Phi) is 8.01. The maximum atomic E-state index is 12.7. The summed E-state index contributed by atoms with van der Waals surface area (Å²) in [5, 5.41) is 0. The largest absolute Gasteiger partial charge is 0.445 e. The maximum Gasteiger partial charge on any atom is 0.396 e. The SMILES string of the molecule is CCOP(=O)(OCC)c1ccc(C(=O)c2ccc(P(=O)(OCC)OCC)o2)o1. The molecule has 28 heavy (non-hydrogen) atoms. The summed E-state index contributed by atoms with van der Waals surface area (Å²) in [4.78, 5) is 12.6. The van der Waals surface area contributed by atoms with Gasteiger partial charge in [0.05, 0.1) is 26.4 Å². The first-order valence-corrected chi connectivity index (χ1v) is 12.0. The standard InChI is InChI=1S/C17H24O9P2/c1-5-21-27(19,22-6-2)15-11-9-13(25-15)17(18)14-10-12-16(26-14)28(20,23-7-3)24-8-4/h9-12H,5-8H2,1-4H3. The third-order valence-electron chi connectivity index (χ3n) is 3.37. The van der Waals surface area contributed by atoms with E-state index in [-0.39, 0.29) is 49.0 Å². The Labute approximate surface area is 163 Å². The van der Waals surface area contributed by atoms with Gasteiger partial charge in [-0.15, -0.1) is 0 Å². The third kappa shape index (κ3) is 4.92. The van der Waals surface area contributed by atoms with E-state index in [1.807, 2.05) is 0 Å². The first kappa shape index (κ1) is 22.8. The van der Waals surface area contributed by atoms with Crippen LogP contribution in [0.15, 0.2) is 33.1 Å². The van der Waals surface area contributed by atoms with E-state index in [4.69, 9.17) is 26.9 Å². The molecule has 0 aliphatic heterocycles. The molecule has 156 valence electrons.